The maximum absolute atomic E-state index is 11.4. The largest absolute Gasteiger partial charge is 0.370 e. The average molecular weight is 185 g/mol. The molecular formula is C8H15N3O2. The van der Waals surface area contributed by atoms with Crippen LogP contribution in [0.4, 0.5) is 0 Å². The number of hydrogen-bond donors (Lipinski definition) is 1. The number of ether oxygens (including phenoxy) is 1. The lowest BCUT2D eigenvalue weighted by Crippen LogP contribution is -2.57. The third-order valence-electron chi connectivity index (χ3n) is 2.40. The van der Waals surface area contributed by atoms with E-state index in [1.807, 2.05) is 5.01 Å². The SMILES string of the molecule is O=C1COCCN1N1CCNCC1. The molecule has 5 heteroatoms. The van der Waals surface area contributed by atoms with E-state index in [-0.39, 0.29) is 12.5 Å². The number of hydrazine groups is 1. The van der Waals surface area contributed by atoms with Gasteiger partial charge < -0.3 is 10.1 Å². The monoisotopic (exact) mass is 185 g/mol. The molecule has 0 aromatic rings. The zero-order valence-corrected chi connectivity index (χ0v) is 7.66. The van der Waals surface area contributed by atoms with Crippen molar-refractivity contribution >= 4 is 5.91 Å². The number of nitrogens with one attached hydrogen (secondary N) is 1. The minimum absolute atomic E-state index is 0.0909. The van der Waals surface area contributed by atoms with E-state index in [9.17, 15) is 4.79 Å². The number of hydrogen-bond acceptors (Lipinski definition) is 4. The Morgan fingerprint density at radius 3 is 2.69 bits per heavy atom. The number of carbonyl (C=O) groups is 1. The number of rotatable bonds is 1. The summed E-state index contributed by atoms with van der Waals surface area (Å²) in [6, 6.07) is 0. The van der Waals surface area contributed by atoms with Gasteiger partial charge in [0, 0.05) is 26.2 Å². The fourth-order valence-corrected chi connectivity index (χ4v) is 1.70. The predicted octanol–water partition coefficient (Wildman–Crippen LogP) is -1.33. The second kappa shape index (κ2) is 4.04. The van der Waals surface area contributed by atoms with Crippen LogP contribution in [-0.2, 0) is 9.53 Å². The van der Waals surface area contributed by atoms with Gasteiger partial charge in [0.2, 0.25) is 0 Å². The molecule has 74 valence electrons. The Morgan fingerprint density at radius 2 is 2.00 bits per heavy atom. The second-order valence-corrected chi connectivity index (χ2v) is 3.27. The quantitative estimate of drug-likeness (QED) is 0.549. The van der Waals surface area contributed by atoms with E-state index in [2.05, 4.69) is 10.3 Å². The van der Waals surface area contributed by atoms with Crippen LogP contribution in [-0.4, -0.2) is 61.9 Å². The maximum Gasteiger partial charge on any atom is 0.262 e. The lowest BCUT2D eigenvalue weighted by atomic mass is 10.4. The van der Waals surface area contributed by atoms with Crippen molar-refractivity contribution < 1.29 is 9.53 Å². The summed E-state index contributed by atoms with van der Waals surface area (Å²) in [7, 11) is 0. The van der Waals surface area contributed by atoms with E-state index in [4.69, 9.17) is 4.74 Å². The smallest absolute Gasteiger partial charge is 0.262 e. The number of piperazine rings is 1. The van der Waals surface area contributed by atoms with Gasteiger partial charge in [-0.25, -0.2) is 5.01 Å². The van der Waals surface area contributed by atoms with Gasteiger partial charge in [0.15, 0.2) is 0 Å². The summed E-state index contributed by atoms with van der Waals surface area (Å²) in [5.41, 5.74) is 0. The van der Waals surface area contributed by atoms with Gasteiger partial charge in [0.05, 0.1) is 13.2 Å². The van der Waals surface area contributed by atoms with E-state index >= 15 is 0 Å². The average Bonchev–Trinajstić information content (AvgIpc) is 2.20. The van der Waals surface area contributed by atoms with Crippen molar-refractivity contribution in [1.29, 1.82) is 0 Å². The second-order valence-electron chi connectivity index (χ2n) is 3.27. The Kier molecular flexibility index (Phi) is 2.77. The molecule has 0 unspecified atom stereocenters. The lowest BCUT2D eigenvalue weighted by Gasteiger charge is -2.39. The zero-order valence-electron chi connectivity index (χ0n) is 7.66. The van der Waals surface area contributed by atoms with Crippen LogP contribution in [0.5, 0.6) is 0 Å². The van der Waals surface area contributed by atoms with Gasteiger partial charge in [-0.1, -0.05) is 0 Å². The first-order valence-electron chi connectivity index (χ1n) is 4.71. The molecule has 2 aliphatic rings. The first-order chi connectivity index (χ1) is 6.38. The Balaban J connectivity index is 1.92. The van der Waals surface area contributed by atoms with Crippen LogP contribution in [0, 0.1) is 0 Å². The van der Waals surface area contributed by atoms with Gasteiger partial charge >= 0.3 is 0 Å². The zero-order chi connectivity index (χ0) is 9.10. The molecule has 0 atom stereocenters. The van der Waals surface area contributed by atoms with Crippen LogP contribution in [0.3, 0.4) is 0 Å². The highest BCUT2D eigenvalue weighted by Crippen LogP contribution is 2.05. The number of carbonyl (C=O) groups excluding carboxylic acids is 1. The minimum Gasteiger partial charge on any atom is -0.370 e. The van der Waals surface area contributed by atoms with Crippen molar-refractivity contribution in [3.8, 4) is 0 Å². The molecule has 0 spiro atoms. The Labute approximate surface area is 77.6 Å². The van der Waals surface area contributed by atoms with Crippen LogP contribution >= 0.6 is 0 Å². The summed E-state index contributed by atoms with van der Waals surface area (Å²) in [4.78, 5) is 11.4. The summed E-state index contributed by atoms with van der Waals surface area (Å²) in [6.07, 6.45) is 0. The first kappa shape index (κ1) is 8.93. The number of amides is 1. The molecule has 0 saturated carbocycles. The van der Waals surface area contributed by atoms with Gasteiger partial charge in [-0.05, 0) is 0 Å². The topological polar surface area (TPSA) is 44.8 Å². The molecular weight excluding hydrogens is 170 g/mol. The molecule has 0 bridgehead atoms. The van der Waals surface area contributed by atoms with Gasteiger partial charge in [-0.2, -0.15) is 0 Å². The van der Waals surface area contributed by atoms with E-state index < -0.39 is 0 Å². The minimum atomic E-state index is 0.0909. The van der Waals surface area contributed by atoms with E-state index in [1.165, 1.54) is 0 Å². The predicted molar refractivity (Wildman–Crippen MR) is 47.0 cm³/mol. The Bertz CT molecular complexity index is 192. The lowest BCUT2D eigenvalue weighted by molar-refractivity contribution is -0.166. The van der Waals surface area contributed by atoms with Gasteiger partial charge in [0.1, 0.15) is 6.61 Å². The fraction of sp³-hybridized carbons (Fsp3) is 0.875. The van der Waals surface area contributed by atoms with Crippen LogP contribution in [0.2, 0.25) is 0 Å². The third kappa shape index (κ3) is 1.99. The number of nitrogens with zero attached hydrogens (tertiary/aromatic N) is 2. The summed E-state index contributed by atoms with van der Waals surface area (Å²) in [6.45, 7) is 5.38. The molecule has 2 fully saturated rings. The summed E-state index contributed by atoms with van der Waals surface area (Å²) < 4.78 is 5.07. The molecule has 1 N–H and O–H groups in total. The summed E-state index contributed by atoms with van der Waals surface area (Å²) in [5.74, 6) is 0.0909. The van der Waals surface area contributed by atoms with E-state index in [1.54, 1.807) is 0 Å². The summed E-state index contributed by atoms with van der Waals surface area (Å²) in [5, 5.41) is 7.19. The van der Waals surface area contributed by atoms with Crippen LogP contribution in [0.25, 0.3) is 0 Å². The van der Waals surface area contributed by atoms with Gasteiger partial charge in [-0.15, -0.1) is 0 Å². The van der Waals surface area contributed by atoms with Crippen molar-refractivity contribution in [3.63, 3.8) is 0 Å². The summed E-state index contributed by atoms with van der Waals surface area (Å²) >= 11 is 0. The Morgan fingerprint density at radius 1 is 1.23 bits per heavy atom. The first-order valence-corrected chi connectivity index (χ1v) is 4.71. The van der Waals surface area contributed by atoms with Gasteiger partial charge in [0.25, 0.3) is 5.91 Å². The van der Waals surface area contributed by atoms with Crippen LogP contribution < -0.4 is 5.32 Å². The standard InChI is InChI=1S/C8H15N3O2/c12-8-7-13-6-5-11(8)10-3-1-9-2-4-10/h9H,1-7H2. The molecule has 0 aromatic heterocycles. The molecule has 13 heavy (non-hydrogen) atoms. The van der Waals surface area contributed by atoms with Crippen molar-refractivity contribution in [2.45, 2.75) is 0 Å². The van der Waals surface area contributed by atoms with Crippen molar-refractivity contribution in [3.05, 3.63) is 0 Å². The molecule has 0 aliphatic carbocycles. The highest BCUT2D eigenvalue weighted by Gasteiger charge is 2.25. The molecule has 5 nitrogen and oxygen atoms in total. The molecule has 2 aliphatic heterocycles. The third-order valence-corrected chi connectivity index (χ3v) is 2.40. The number of morpholine rings is 1. The maximum atomic E-state index is 11.4. The highest BCUT2D eigenvalue weighted by atomic mass is 16.5. The van der Waals surface area contributed by atoms with Crippen LogP contribution in [0.15, 0.2) is 0 Å². The Hall–Kier alpha value is -0.650. The normalized spacial score (nSPS) is 26.5. The van der Waals surface area contributed by atoms with Crippen molar-refractivity contribution in [2.24, 2.45) is 0 Å². The van der Waals surface area contributed by atoms with E-state index in [0.29, 0.717) is 13.2 Å². The molecule has 2 rings (SSSR count). The van der Waals surface area contributed by atoms with E-state index in [0.717, 1.165) is 26.2 Å². The molecule has 0 radical (unpaired) electrons. The molecule has 2 saturated heterocycles. The fourth-order valence-electron chi connectivity index (χ4n) is 1.70. The molecule has 0 aromatic carbocycles. The molecule has 2 heterocycles. The van der Waals surface area contributed by atoms with Crippen LogP contribution in [0.1, 0.15) is 0 Å². The highest BCUT2D eigenvalue weighted by molar-refractivity contribution is 5.77. The van der Waals surface area contributed by atoms with Crippen molar-refractivity contribution in [2.75, 3.05) is 45.9 Å². The molecule has 1 amide bonds. The van der Waals surface area contributed by atoms with Gasteiger partial charge in [-0.3, -0.25) is 9.80 Å². The van der Waals surface area contributed by atoms with Crippen molar-refractivity contribution in [1.82, 2.24) is 15.3 Å².